The van der Waals surface area contributed by atoms with Crippen molar-refractivity contribution in [3.05, 3.63) is 0 Å². The van der Waals surface area contributed by atoms with Crippen LogP contribution in [0.15, 0.2) is 0 Å². The van der Waals surface area contributed by atoms with Gasteiger partial charge in [0.2, 0.25) is 0 Å². The van der Waals surface area contributed by atoms with Crippen LogP contribution in [-0.2, 0) is 4.74 Å². The van der Waals surface area contributed by atoms with Crippen LogP contribution >= 0.6 is 0 Å². The molecule has 0 aromatic rings. The molecule has 3 heteroatoms. The van der Waals surface area contributed by atoms with E-state index in [2.05, 4.69) is 18.7 Å². The summed E-state index contributed by atoms with van der Waals surface area (Å²) in [6.07, 6.45) is 7.04. The van der Waals surface area contributed by atoms with Gasteiger partial charge in [-0.05, 0) is 51.6 Å². The molecule has 0 spiro atoms. The summed E-state index contributed by atoms with van der Waals surface area (Å²) in [6.45, 7) is 7.28. The number of ether oxygens (including phenoxy) is 1. The molecule has 0 bridgehead atoms. The number of hydrogen-bond donors (Lipinski definition) is 1. The van der Waals surface area contributed by atoms with Gasteiger partial charge in [-0.1, -0.05) is 13.3 Å². The van der Waals surface area contributed by atoms with Gasteiger partial charge in [-0.2, -0.15) is 0 Å². The van der Waals surface area contributed by atoms with Crippen molar-refractivity contribution in [1.29, 1.82) is 0 Å². The zero-order chi connectivity index (χ0) is 12.3. The standard InChI is InChI=1S/C14H28N2O/c1-3-16(12-8-13(9-12)17-4-2)14-7-5-6-11(14)10-15/h11-14H,3-10,15H2,1-2H3. The molecule has 0 aromatic carbocycles. The molecule has 2 unspecified atom stereocenters. The van der Waals surface area contributed by atoms with Crippen LogP contribution in [-0.4, -0.2) is 42.8 Å². The van der Waals surface area contributed by atoms with E-state index in [4.69, 9.17) is 10.5 Å². The highest BCUT2D eigenvalue weighted by atomic mass is 16.5. The smallest absolute Gasteiger partial charge is 0.0604 e. The van der Waals surface area contributed by atoms with Crippen LogP contribution in [0.2, 0.25) is 0 Å². The molecule has 3 nitrogen and oxygen atoms in total. The lowest BCUT2D eigenvalue weighted by atomic mass is 9.85. The molecular weight excluding hydrogens is 212 g/mol. The molecule has 17 heavy (non-hydrogen) atoms. The lowest BCUT2D eigenvalue weighted by Crippen LogP contribution is -2.53. The Hall–Kier alpha value is -0.120. The quantitative estimate of drug-likeness (QED) is 0.772. The lowest BCUT2D eigenvalue weighted by Gasteiger charge is -2.46. The molecule has 2 atom stereocenters. The Labute approximate surface area is 106 Å². The maximum absolute atomic E-state index is 5.90. The fraction of sp³-hybridized carbons (Fsp3) is 1.00. The summed E-state index contributed by atoms with van der Waals surface area (Å²) in [4.78, 5) is 2.71. The van der Waals surface area contributed by atoms with E-state index < -0.39 is 0 Å². The van der Waals surface area contributed by atoms with Gasteiger partial charge in [-0.15, -0.1) is 0 Å². The first-order valence-corrected chi connectivity index (χ1v) is 7.37. The van der Waals surface area contributed by atoms with E-state index in [-0.39, 0.29) is 0 Å². The molecule has 100 valence electrons. The first kappa shape index (κ1) is 13.3. The van der Waals surface area contributed by atoms with Gasteiger partial charge in [0.1, 0.15) is 0 Å². The highest BCUT2D eigenvalue weighted by Crippen LogP contribution is 2.36. The second kappa shape index (κ2) is 6.17. The fourth-order valence-electron chi connectivity index (χ4n) is 3.67. The van der Waals surface area contributed by atoms with Crippen LogP contribution in [0.25, 0.3) is 0 Å². The van der Waals surface area contributed by atoms with E-state index in [0.717, 1.165) is 31.2 Å². The first-order valence-electron chi connectivity index (χ1n) is 7.37. The number of nitrogens with zero attached hydrogens (tertiary/aromatic N) is 1. The molecule has 2 rings (SSSR count). The summed E-state index contributed by atoms with van der Waals surface area (Å²) in [6, 6.07) is 1.51. The molecular formula is C14H28N2O. The van der Waals surface area contributed by atoms with E-state index >= 15 is 0 Å². The molecule has 0 aliphatic heterocycles. The average molecular weight is 240 g/mol. The van der Waals surface area contributed by atoms with Gasteiger partial charge >= 0.3 is 0 Å². The van der Waals surface area contributed by atoms with E-state index in [1.807, 2.05) is 0 Å². The Morgan fingerprint density at radius 2 is 2.00 bits per heavy atom. The van der Waals surface area contributed by atoms with Crippen molar-refractivity contribution in [2.24, 2.45) is 11.7 Å². The fourth-order valence-corrected chi connectivity index (χ4v) is 3.67. The maximum atomic E-state index is 5.90. The molecule has 0 aromatic heterocycles. The van der Waals surface area contributed by atoms with E-state index in [1.54, 1.807) is 0 Å². The highest BCUT2D eigenvalue weighted by Gasteiger charge is 2.40. The van der Waals surface area contributed by atoms with E-state index in [0.29, 0.717) is 6.10 Å². The molecule has 2 aliphatic rings. The first-order chi connectivity index (χ1) is 8.30. The minimum Gasteiger partial charge on any atom is -0.378 e. The summed E-state index contributed by atoms with van der Waals surface area (Å²) in [7, 11) is 0. The highest BCUT2D eigenvalue weighted by molar-refractivity contribution is 4.94. The van der Waals surface area contributed by atoms with E-state index in [9.17, 15) is 0 Å². The molecule has 0 radical (unpaired) electrons. The maximum Gasteiger partial charge on any atom is 0.0604 e. The number of rotatable bonds is 6. The van der Waals surface area contributed by atoms with Crippen LogP contribution in [0.3, 0.4) is 0 Å². The van der Waals surface area contributed by atoms with Crippen molar-refractivity contribution in [3.63, 3.8) is 0 Å². The number of hydrogen-bond acceptors (Lipinski definition) is 3. The third-order valence-corrected chi connectivity index (χ3v) is 4.65. The van der Waals surface area contributed by atoms with Gasteiger partial charge in [0.05, 0.1) is 6.10 Å². The summed E-state index contributed by atoms with van der Waals surface area (Å²) in [5.41, 5.74) is 5.90. The van der Waals surface area contributed by atoms with Gasteiger partial charge in [0.15, 0.2) is 0 Å². The summed E-state index contributed by atoms with van der Waals surface area (Å²) >= 11 is 0. The lowest BCUT2D eigenvalue weighted by molar-refractivity contribution is -0.0598. The SMILES string of the molecule is CCOC1CC(N(CC)C2CCCC2CN)C1. The Bertz CT molecular complexity index is 228. The van der Waals surface area contributed by atoms with Crippen LogP contribution < -0.4 is 5.73 Å². The summed E-state index contributed by atoms with van der Waals surface area (Å²) in [5.74, 6) is 0.737. The van der Waals surface area contributed by atoms with Crippen molar-refractivity contribution >= 4 is 0 Å². The van der Waals surface area contributed by atoms with Gasteiger partial charge in [-0.25, -0.2) is 0 Å². The van der Waals surface area contributed by atoms with E-state index in [1.165, 1.54) is 38.6 Å². The monoisotopic (exact) mass is 240 g/mol. The molecule has 0 heterocycles. The predicted molar refractivity (Wildman–Crippen MR) is 71.0 cm³/mol. The Kier molecular flexibility index (Phi) is 4.83. The van der Waals surface area contributed by atoms with Gasteiger partial charge in [0, 0.05) is 18.7 Å². The van der Waals surface area contributed by atoms with Crippen LogP contribution in [0.1, 0.15) is 46.0 Å². The minimum atomic E-state index is 0.525. The van der Waals surface area contributed by atoms with Crippen LogP contribution in [0, 0.1) is 5.92 Å². The Morgan fingerprint density at radius 3 is 2.59 bits per heavy atom. The van der Waals surface area contributed by atoms with Crippen molar-refractivity contribution in [1.82, 2.24) is 4.90 Å². The molecule has 2 aliphatic carbocycles. The molecule has 2 fully saturated rings. The Balaban J connectivity index is 1.85. The third-order valence-electron chi connectivity index (χ3n) is 4.65. The van der Waals surface area contributed by atoms with Crippen molar-refractivity contribution in [3.8, 4) is 0 Å². The molecule has 0 saturated heterocycles. The van der Waals surface area contributed by atoms with Gasteiger partial charge < -0.3 is 10.5 Å². The predicted octanol–water partition coefficient (Wildman–Crippen LogP) is 2.00. The zero-order valence-corrected chi connectivity index (χ0v) is 11.4. The van der Waals surface area contributed by atoms with Crippen LogP contribution in [0.4, 0.5) is 0 Å². The van der Waals surface area contributed by atoms with Crippen molar-refractivity contribution < 1.29 is 4.74 Å². The molecule has 2 saturated carbocycles. The number of nitrogens with two attached hydrogens (primary N) is 1. The zero-order valence-electron chi connectivity index (χ0n) is 11.4. The van der Waals surface area contributed by atoms with Crippen molar-refractivity contribution in [2.75, 3.05) is 19.7 Å². The molecule has 2 N–H and O–H groups in total. The summed E-state index contributed by atoms with van der Waals surface area (Å²) in [5, 5.41) is 0. The van der Waals surface area contributed by atoms with Gasteiger partial charge in [-0.3, -0.25) is 4.90 Å². The minimum absolute atomic E-state index is 0.525. The topological polar surface area (TPSA) is 38.5 Å². The van der Waals surface area contributed by atoms with Crippen LogP contribution in [0.5, 0.6) is 0 Å². The molecule has 0 amide bonds. The largest absolute Gasteiger partial charge is 0.378 e. The second-order valence-corrected chi connectivity index (χ2v) is 5.53. The normalized spacial score (nSPS) is 37.4. The van der Waals surface area contributed by atoms with Crippen molar-refractivity contribution in [2.45, 2.75) is 64.1 Å². The second-order valence-electron chi connectivity index (χ2n) is 5.53. The van der Waals surface area contributed by atoms with Gasteiger partial charge in [0.25, 0.3) is 0 Å². The average Bonchev–Trinajstić information content (AvgIpc) is 2.75. The third kappa shape index (κ3) is 2.83. The Morgan fingerprint density at radius 1 is 1.24 bits per heavy atom. The summed E-state index contributed by atoms with van der Waals surface area (Å²) < 4.78 is 5.67.